The van der Waals surface area contributed by atoms with Crippen LogP contribution in [0, 0.1) is 17.3 Å². The van der Waals surface area contributed by atoms with E-state index in [2.05, 4.69) is 0 Å². The monoisotopic (exact) mass is 272 g/mol. The predicted octanol–water partition coefficient (Wildman–Crippen LogP) is 3.30. The van der Waals surface area contributed by atoms with Gasteiger partial charge < -0.3 is 4.74 Å². The molecule has 1 aromatic carbocycles. The first kappa shape index (κ1) is 13.3. The van der Waals surface area contributed by atoms with Crippen LogP contribution in [0.25, 0.3) is 0 Å². The highest BCUT2D eigenvalue weighted by molar-refractivity contribution is 5.87. The van der Waals surface area contributed by atoms with E-state index >= 15 is 0 Å². The highest BCUT2D eigenvalue weighted by atomic mass is 16.5. The summed E-state index contributed by atoms with van der Waals surface area (Å²) in [5.74, 6) is -0.0213. The van der Waals surface area contributed by atoms with Gasteiger partial charge in [-0.25, -0.2) is 0 Å². The van der Waals surface area contributed by atoms with Gasteiger partial charge >= 0.3 is 5.97 Å². The lowest BCUT2D eigenvalue weighted by Gasteiger charge is -2.47. The number of carbonyl (C=O) groups is 2. The molecule has 1 aromatic rings. The minimum Gasteiger partial charge on any atom is -0.456 e. The van der Waals surface area contributed by atoms with Crippen LogP contribution >= 0.6 is 0 Å². The maximum absolute atomic E-state index is 12.4. The van der Waals surface area contributed by atoms with E-state index in [-0.39, 0.29) is 23.6 Å². The zero-order valence-electron chi connectivity index (χ0n) is 12.0. The van der Waals surface area contributed by atoms with Crippen LogP contribution in [0.3, 0.4) is 0 Å². The molecule has 0 N–H and O–H groups in total. The van der Waals surface area contributed by atoms with Gasteiger partial charge in [0.2, 0.25) is 0 Å². The molecule has 3 rings (SSSR count). The van der Waals surface area contributed by atoms with E-state index < -0.39 is 11.5 Å². The summed E-state index contributed by atoms with van der Waals surface area (Å²) in [6, 6.07) is 9.65. The Balaban J connectivity index is 2.03. The lowest BCUT2D eigenvalue weighted by atomic mass is 9.61. The van der Waals surface area contributed by atoms with Crippen molar-refractivity contribution in [3.8, 4) is 0 Å². The standard InChI is InChI=1S/C17H20O3/c1-17(2)12-9-6-10-13(18)14(12)15(20-16(17)19)11-7-4-3-5-8-11/h3-5,7-8,12,14-15H,6,9-10H2,1-2H3/t12-,14+,15-/m0/s1. The van der Waals surface area contributed by atoms with Gasteiger partial charge in [-0.3, -0.25) is 9.59 Å². The van der Waals surface area contributed by atoms with Crippen molar-refractivity contribution >= 4 is 11.8 Å². The van der Waals surface area contributed by atoms with Gasteiger partial charge in [0.1, 0.15) is 11.9 Å². The third-order valence-corrected chi connectivity index (χ3v) is 4.88. The van der Waals surface area contributed by atoms with Gasteiger partial charge in [-0.15, -0.1) is 0 Å². The number of hydrogen-bond acceptors (Lipinski definition) is 3. The maximum Gasteiger partial charge on any atom is 0.312 e. The van der Waals surface area contributed by atoms with Crippen molar-refractivity contribution in [2.24, 2.45) is 17.3 Å². The van der Waals surface area contributed by atoms with Crippen LogP contribution in [0.5, 0.6) is 0 Å². The molecular formula is C17H20O3. The fourth-order valence-electron chi connectivity index (χ4n) is 3.67. The zero-order chi connectivity index (χ0) is 14.3. The molecule has 1 saturated carbocycles. The van der Waals surface area contributed by atoms with Crippen molar-refractivity contribution < 1.29 is 14.3 Å². The van der Waals surface area contributed by atoms with Gasteiger partial charge in [-0.2, -0.15) is 0 Å². The van der Waals surface area contributed by atoms with Crippen LogP contribution in [-0.4, -0.2) is 11.8 Å². The van der Waals surface area contributed by atoms with E-state index in [0.717, 1.165) is 18.4 Å². The number of Topliss-reactive ketones (excluding diaryl/α,β-unsaturated/α-hetero) is 1. The number of esters is 1. The molecule has 3 atom stereocenters. The number of cyclic esters (lactones) is 1. The molecule has 0 radical (unpaired) electrons. The number of carbonyl (C=O) groups excluding carboxylic acids is 2. The largest absolute Gasteiger partial charge is 0.456 e. The number of ketones is 1. The average molecular weight is 272 g/mol. The maximum atomic E-state index is 12.4. The van der Waals surface area contributed by atoms with Gasteiger partial charge in [0.05, 0.1) is 11.3 Å². The second-order valence-electron chi connectivity index (χ2n) is 6.45. The molecule has 2 aliphatic rings. The van der Waals surface area contributed by atoms with E-state index in [1.165, 1.54) is 0 Å². The summed E-state index contributed by atoms with van der Waals surface area (Å²) in [4.78, 5) is 24.7. The number of benzene rings is 1. The van der Waals surface area contributed by atoms with Gasteiger partial charge in [0.25, 0.3) is 0 Å². The Kier molecular flexibility index (Phi) is 3.15. The topological polar surface area (TPSA) is 43.4 Å². The molecule has 0 aromatic heterocycles. The van der Waals surface area contributed by atoms with Gasteiger partial charge in [-0.05, 0) is 38.2 Å². The Morgan fingerprint density at radius 3 is 2.55 bits per heavy atom. The summed E-state index contributed by atoms with van der Waals surface area (Å²) in [6.45, 7) is 3.82. The van der Waals surface area contributed by atoms with Crippen molar-refractivity contribution in [2.75, 3.05) is 0 Å². The Labute approximate surface area is 119 Å². The molecule has 106 valence electrons. The van der Waals surface area contributed by atoms with Crippen LogP contribution in [0.15, 0.2) is 30.3 Å². The van der Waals surface area contributed by atoms with Crippen LogP contribution in [0.1, 0.15) is 44.8 Å². The first-order chi connectivity index (χ1) is 9.51. The molecule has 1 aliphatic heterocycles. The van der Waals surface area contributed by atoms with Crippen LogP contribution in [-0.2, 0) is 14.3 Å². The Morgan fingerprint density at radius 1 is 1.15 bits per heavy atom. The minimum absolute atomic E-state index is 0.0928. The number of fused-ring (bicyclic) bond motifs is 1. The molecule has 1 heterocycles. The molecule has 0 spiro atoms. The van der Waals surface area contributed by atoms with Crippen LogP contribution in [0.4, 0.5) is 0 Å². The van der Waals surface area contributed by atoms with Crippen molar-refractivity contribution in [1.82, 2.24) is 0 Å². The highest BCUT2D eigenvalue weighted by Gasteiger charge is 2.54. The summed E-state index contributed by atoms with van der Waals surface area (Å²) < 4.78 is 5.67. The van der Waals surface area contributed by atoms with E-state index in [9.17, 15) is 9.59 Å². The van der Waals surface area contributed by atoms with E-state index in [1.54, 1.807) is 0 Å². The SMILES string of the molecule is CC1(C)C(=O)O[C@@H](c2ccccc2)[C@H]2C(=O)CCC[C@@H]21. The quantitative estimate of drug-likeness (QED) is 0.737. The fourth-order valence-corrected chi connectivity index (χ4v) is 3.67. The van der Waals surface area contributed by atoms with Crippen LogP contribution < -0.4 is 0 Å². The third kappa shape index (κ3) is 1.96. The smallest absolute Gasteiger partial charge is 0.312 e. The molecule has 1 aliphatic carbocycles. The van der Waals surface area contributed by atoms with Gasteiger partial charge in [0, 0.05) is 6.42 Å². The normalized spacial score (nSPS) is 32.4. The van der Waals surface area contributed by atoms with E-state index in [0.29, 0.717) is 6.42 Å². The summed E-state index contributed by atoms with van der Waals surface area (Å²) in [7, 11) is 0. The molecule has 0 amide bonds. The molecular weight excluding hydrogens is 252 g/mol. The molecule has 3 nitrogen and oxygen atoms in total. The summed E-state index contributed by atoms with van der Waals surface area (Å²) in [5, 5.41) is 0. The van der Waals surface area contributed by atoms with Crippen molar-refractivity contribution in [3.63, 3.8) is 0 Å². The zero-order valence-corrected chi connectivity index (χ0v) is 12.0. The number of rotatable bonds is 1. The molecule has 1 saturated heterocycles. The number of hydrogen-bond donors (Lipinski definition) is 0. The molecule has 2 fully saturated rings. The summed E-state index contributed by atoms with van der Waals surface area (Å²) in [5.41, 5.74) is 0.369. The Morgan fingerprint density at radius 2 is 1.85 bits per heavy atom. The van der Waals surface area contributed by atoms with Crippen molar-refractivity contribution in [3.05, 3.63) is 35.9 Å². The van der Waals surface area contributed by atoms with Gasteiger partial charge in [0.15, 0.2) is 0 Å². The lowest BCUT2D eigenvalue weighted by molar-refractivity contribution is -0.188. The van der Waals surface area contributed by atoms with E-state index in [1.807, 2.05) is 44.2 Å². The third-order valence-electron chi connectivity index (χ3n) is 4.88. The molecule has 0 bridgehead atoms. The average Bonchev–Trinajstić information content (AvgIpc) is 2.44. The lowest BCUT2D eigenvalue weighted by Crippen LogP contribution is -2.51. The molecule has 3 heteroatoms. The predicted molar refractivity (Wildman–Crippen MR) is 74.9 cm³/mol. The second kappa shape index (κ2) is 4.72. The second-order valence-corrected chi connectivity index (χ2v) is 6.45. The highest BCUT2D eigenvalue weighted by Crippen LogP contribution is 2.51. The molecule has 0 unspecified atom stereocenters. The summed E-state index contributed by atoms with van der Waals surface area (Å²) in [6.07, 6.45) is 2.02. The Bertz CT molecular complexity index is 532. The first-order valence-corrected chi connectivity index (χ1v) is 7.30. The van der Waals surface area contributed by atoms with Crippen molar-refractivity contribution in [2.45, 2.75) is 39.2 Å². The Hall–Kier alpha value is -1.64. The fraction of sp³-hybridized carbons (Fsp3) is 0.529. The van der Waals surface area contributed by atoms with Crippen LogP contribution in [0.2, 0.25) is 0 Å². The minimum atomic E-state index is -0.563. The number of ether oxygens (including phenoxy) is 1. The summed E-state index contributed by atoms with van der Waals surface area (Å²) >= 11 is 0. The molecule has 20 heavy (non-hydrogen) atoms. The van der Waals surface area contributed by atoms with E-state index in [4.69, 9.17) is 4.74 Å². The first-order valence-electron chi connectivity index (χ1n) is 7.30. The van der Waals surface area contributed by atoms with Gasteiger partial charge in [-0.1, -0.05) is 30.3 Å². The van der Waals surface area contributed by atoms with Crippen molar-refractivity contribution in [1.29, 1.82) is 0 Å².